The average molecular weight is 271 g/mol. The molecule has 0 amide bonds. The minimum absolute atomic E-state index is 0.875. The Bertz CT molecular complexity index is 317. The first kappa shape index (κ1) is 11.0. The quantitative estimate of drug-likeness (QED) is 0.660. The van der Waals surface area contributed by atoms with Gasteiger partial charge in [-0.2, -0.15) is 5.43 Å². The van der Waals surface area contributed by atoms with Crippen molar-refractivity contribution in [2.24, 2.45) is 0 Å². The molecule has 1 saturated heterocycles. The molecule has 0 aliphatic carbocycles. The largest absolute Gasteiger partial charge is 0.243 e. The fraction of sp³-hybridized carbons (Fsp3) is 0.545. The highest BCUT2D eigenvalue weighted by Crippen LogP contribution is 2.25. The minimum Gasteiger partial charge on any atom is -0.243 e. The van der Waals surface area contributed by atoms with Gasteiger partial charge in [-0.05, 0) is 41.3 Å². The third-order valence-electron chi connectivity index (χ3n) is 3.21. The van der Waals surface area contributed by atoms with E-state index in [1.165, 1.54) is 38.0 Å². The van der Waals surface area contributed by atoms with Crippen molar-refractivity contribution in [3.05, 3.63) is 22.9 Å². The van der Waals surface area contributed by atoms with Crippen LogP contribution in [-0.4, -0.2) is 25.1 Å². The van der Waals surface area contributed by atoms with Crippen molar-refractivity contribution in [2.75, 3.05) is 20.1 Å². The number of pyridine rings is 1. The average Bonchev–Trinajstić information content (AvgIpc) is 2.31. The van der Waals surface area contributed by atoms with Gasteiger partial charge >= 0.3 is 0 Å². The summed E-state index contributed by atoms with van der Waals surface area (Å²) in [6, 6.07) is 4.17. The van der Waals surface area contributed by atoms with Crippen molar-refractivity contribution in [3.63, 3.8) is 0 Å². The summed E-state index contributed by atoms with van der Waals surface area (Å²) in [7, 11) is 2.04. The van der Waals surface area contributed by atoms with Gasteiger partial charge in [0.25, 0.3) is 0 Å². The summed E-state index contributed by atoms with van der Waals surface area (Å²) in [6.07, 6.45) is 5.89. The molecular weight excluding hydrogens is 254 g/mol. The van der Waals surface area contributed by atoms with Crippen molar-refractivity contribution in [1.82, 2.24) is 15.0 Å². The van der Waals surface area contributed by atoms with E-state index in [-0.39, 0.29) is 0 Å². The van der Waals surface area contributed by atoms with Gasteiger partial charge in [0, 0.05) is 13.1 Å². The maximum absolute atomic E-state index is 4.31. The predicted octanol–water partition coefficient (Wildman–Crippen LogP) is 2.47. The number of rotatable bonds is 2. The Hall–Kier alpha value is -0.450. The molecule has 0 spiro atoms. The highest BCUT2D eigenvalue weighted by molar-refractivity contribution is 9.10. The Balaban J connectivity index is 2.28. The predicted molar refractivity (Wildman–Crippen MR) is 66.4 cm³/mol. The Kier molecular flexibility index (Phi) is 3.38. The zero-order chi connectivity index (χ0) is 10.7. The summed E-state index contributed by atoms with van der Waals surface area (Å²) in [5, 5.41) is 0. The van der Waals surface area contributed by atoms with Gasteiger partial charge in [-0.3, -0.25) is 0 Å². The van der Waals surface area contributed by atoms with Gasteiger partial charge in [0.2, 0.25) is 0 Å². The van der Waals surface area contributed by atoms with Crippen LogP contribution in [0, 0.1) is 0 Å². The summed E-state index contributed by atoms with van der Waals surface area (Å²) >= 11 is 3.37. The van der Waals surface area contributed by atoms with Crippen LogP contribution in [0.3, 0.4) is 0 Å². The molecule has 1 aliphatic rings. The van der Waals surface area contributed by atoms with Crippen molar-refractivity contribution >= 4 is 21.6 Å². The number of nitrogens with zero attached hydrogens (tertiary/aromatic N) is 2. The molecule has 1 aliphatic heterocycles. The monoisotopic (exact) mass is 270 g/mol. The van der Waals surface area contributed by atoms with E-state index >= 15 is 0 Å². The molecule has 2 rings (SSSR count). The molecule has 0 atom stereocenters. The van der Waals surface area contributed by atoms with Crippen LogP contribution < -0.4 is 10.0 Å². The van der Waals surface area contributed by atoms with Gasteiger partial charge < -0.3 is 0 Å². The van der Waals surface area contributed by atoms with Crippen LogP contribution >= 0.6 is 15.9 Å². The van der Waals surface area contributed by atoms with Gasteiger partial charge in [0.1, 0.15) is 17.7 Å². The van der Waals surface area contributed by atoms with Gasteiger partial charge in [0.05, 0.1) is 6.20 Å². The molecule has 1 N–H and O–H groups in total. The van der Waals surface area contributed by atoms with Crippen LogP contribution in [0.15, 0.2) is 22.9 Å². The lowest BCUT2D eigenvalue weighted by Crippen LogP contribution is -2.60. The molecule has 2 heterocycles. The summed E-state index contributed by atoms with van der Waals surface area (Å²) in [4.78, 5) is 4.31. The third kappa shape index (κ3) is 2.22. The molecule has 3 nitrogen and oxygen atoms in total. The van der Waals surface area contributed by atoms with E-state index in [9.17, 15) is 0 Å². The molecule has 0 saturated carbocycles. The SMILES string of the molecule is CN[N+]1(c2ccc(Br)nc2)CCCCC1. The lowest BCUT2D eigenvalue weighted by molar-refractivity contribution is 0.173. The first-order valence-electron chi connectivity index (χ1n) is 5.45. The fourth-order valence-electron chi connectivity index (χ4n) is 2.28. The number of halogens is 1. The zero-order valence-corrected chi connectivity index (χ0v) is 10.6. The molecule has 0 unspecified atom stereocenters. The van der Waals surface area contributed by atoms with Crippen LogP contribution in [0.5, 0.6) is 0 Å². The van der Waals surface area contributed by atoms with Crippen molar-refractivity contribution in [2.45, 2.75) is 19.3 Å². The Morgan fingerprint density at radius 2 is 2.00 bits per heavy atom. The summed E-state index contributed by atoms with van der Waals surface area (Å²) < 4.78 is 1.78. The molecule has 1 fully saturated rings. The van der Waals surface area contributed by atoms with Crippen LogP contribution in [0.1, 0.15) is 19.3 Å². The van der Waals surface area contributed by atoms with Crippen LogP contribution in [-0.2, 0) is 0 Å². The normalized spacial score (nSPS) is 20.1. The number of quaternary nitrogens is 1. The number of hydrogen-bond donors (Lipinski definition) is 1. The van der Waals surface area contributed by atoms with Crippen molar-refractivity contribution in [1.29, 1.82) is 0 Å². The van der Waals surface area contributed by atoms with Gasteiger partial charge in [-0.25, -0.2) is 9.58 Å². The summed E-state index contributed by atoms with van der Waals surface area (Å²) in [5.41, 5.74) is 4.70. The molecule has 0 radical (unpaired) electrons. The lowest BCUT2D eigenvalue weighted by Gasteiger charge is -2.38. The molecule has 1 aromatic rings. The molecule has 82 valence electrons. The van der Waals surface area contributed by atoms with Crippen LogP contribution in [0.25, 0.3) is 0 Å². The third-order valence-corrected chi connectivity index (χ3v) is 3.68. The zero-order valence-electron chi connectivity index (χ0n) is 9.04. The molecule has 15 heavy (non-hydrogen) atoms. The second-order valence-electron chi connectivity index (χ2n) is 4.04. The summed E-state index contributed by atoms with van der Waals surface area (Å²) in [5.74, 6) is 0. The fourth-order valence-corrected chi connectivity index (χ4v) is 2.52. The van der Waals surface area contributed by atoms with Crippen molar-refractivity contribution in [3.8, 4) is 0 Å². The molecule has 4 heteroatoms. The number of hydrogen-bond acceptors (Lipinski definition) is 2. The Labute approximate surface area is 99.2 Å². The number of piperidine rings is 1. The summed E-state index contributed by atoms with van der Waals surface area (Å²) in [6.45, 7) is 2.33. The molecule has 0 bridgehead atoms. The Morgan fingerprint density at radius 3 is 2.53 bits per heavy atom. The number of aromatic nitrogens is 1. The van der Waals surface area contributed by atoms with E-state index in [0.29, 0.717) is 0 Å². The highest BCUT2D eigenvalue weighted by atomic mass is 79.9. The van der Waals surface area contributed by atoms with Crippen LogP contribution in [0.2, 0.25) is 0 Å². The second-order valence-corrected chi connectivity index (χ2v) is 4.85. The van der Waals surface area contributed by atoms with Gasteiger partial charge in [-0.15, -0.1) is 0 Å². The van der Waals surface area contributed by atoms with Crippen LogP contribution in [0.4, 0.5) is 5.69 Å². The standard InChI is InChI=1S/C11H17BrN3/c1-13-15(7-3-2-4-8-15)10-5-6-11(12)14-9-10/h5-6,9,13H,2-4,7-8H2,1H3/q+1. The maximum Gasteiger partial charge on any atom is 0.170 e. The highest BCUT2D eigenvalue weighted by Gasteiger charge is 2.31. The molecular formula is C11H17BrN3+. The lowest BCUT2D eigenvalue weighted by atomic mass is 10.1. The van der Waals surface area contributed by atoms with Crippen molar-refractivity contribution < 1.29 is 0 Å². The maximum atomic E-state index is 4.31. The second kappa shape index (κ2) is 4.60. The van der Waals surface area contributed by atoms with Gasteiger partial charge in [-0.1, -0.05) is 0 Å². The van der Waals surface area contributed by atoms with E-state index in [0.717, 1.165) is 9.20 Å². The smallest absolute Gasteiger partial charge is 0.170 e. The topological polar surface area (TPSA) is 24.9 Å². The molecule has 1 aromatic heterocycles. The van der Waals surface area contributed by atoms with Gasteiger partial charge in [0.15, 0.2) is 5.69 Å². The first-order chi connectivity index (χ1) is 7.27. The Morgan fingerprint density at radius 1 is 1.27 bits per heavy atom. The molecule has 0 aromatic carbocycles. The first-order valence-corrected chi connectivity index (χ1v) is 6.24. The van der Waals surface area contributed by atoms with E-state index in [4.69, 9.17) is 0 Å². The van der Waals surface area contributed by atoms with E-state index in [1.807, 2.05) is 19.3 Å². The minimum atomic E-state index is 0.875. The number of nitrogens with one attached hydrogen (secondary N) is 1. The van der Waals surface area contributed by atoms with E-state index in [1.54, 1.807) is 0 Å². The van der Waals surface area contributed by atoms with E-state index < -0.39 is 0 Å². The van der Waals surface area contributed by atoms with E-state index in [2.05, 4.69) is 32.4 Å².